The predicted molar refractivity (Wildman–Crippen MR) is 58.6 cm³/mol. The zero-order valence-corrected chi connectivity index (χ0v) is 9.05. The highest BCUT2D eigenvalue weighted by Gasteiger charge is 2.14. The van der Waals surface area contributed by atoms with Gasteiger partial charge in [-0.05, 0) is 12.8 Å². The molecule has 80 valence electrons. The van der Waals surface area contributed by atoms with Crippen LogP contribution >= 0.6 is 0 Å². The monoisotopic (exact) mass is 196 g/mol. The average molecular weight is 196 g/mol. The Balaban J connectivity index is 3.88. The van der Waals surface area contributed by atoms with Crippen LogP contribution < -0.4 is 11.1 Å². The molecule has 2 atom stereocenters. The molecule has 0 aromatic heterocycles. The van der Waals surface area contributed by atoms with E-state index in [0.717, 1.165) is 25.7 Å². The third-order valence-electron chi connectivity index (χ3n) is 2.13. The maximum Gasteiger partial charge on any atom is 0.237 e. The Morgan fingerprint density at radius 1 is 1.57 bits per heavy atom. The van der Waals surface area contributed by atoms with E-state index in [4.69, 9.17) is 12.2 Å². The molecular weight excluding hydrogens is 176 g/mol. The van der Waals surface area contributed by atoms with Crippen LogP contribution in [0.4, 0.5) is 0 Å². The SMILES string of the molecule is C#CC(CC)NC(=O)[C@@H](N)CCCC. The number of terminal acetylenes is 1. The summed E-state index contributed by atoms with van der Waals surface area (Å²) < 4.78 is 0. The van der Waals surface area contributed by atoms with Crippen molar-refractivity contribution in [1.29, 1.82) is 0 Å². The minimum Gasteiger partial charge on any atom is -0.341 e. The number of carbonyl (C=O) groups is 1. The molecule has 0 rings (SSSR count). The van der Waals surface area contributed by atoms with E-state index >= 15 is 0 Å². The van der Waals surface area contributed by atoms with Gasteiger partial charge in [-0.15, -0.1) is 6.42 Å². The molecular formula is C11H20N2O. The molecule has 0 aliphatic heterocycles. The Morgan fingerprint density at radius 3 is 2.64 bits per heavy atom. The largest absolute Gasteiger partial charge is 0.341 e. The van der Waals surface area contributed by atoms with Gasteiger partial charge < -0.3 is 11.1 Å². The maximum atomic E-state index is 11.4. The summed E-state index contributed by atoms with van der Waals surface area (Å²) in [6, 6.07) is -0.604. The highest BCUT2D eigenvalue weighted by molar-refractivity contribution is 5.82. The molecule has 3 nitrogen and oxygen atoms in total. The van der Waals surface area contributed by atoms with Crippen LogP contribution in [0.5, 0.6) is 0 Å². The highest BCUT2D eigenvalue weighted by atomic mass is 16.2. The molecule has 0 aromatic rings. The van der Waals surface area contributed by atoms with Crippen molar-refractivity contribution in [2.45, 2.75) is 51.6 Å². The minimum atomic E-state index is -0.419. The lowest BCUT2D eigenvalue weighted by Crippen LogP contribution is -2.44. The Kier molecular flexibility index (Phi) is 6.87. The first-order valence-corrected chi connectivity index (χ1v) is 5.17. The standard InChI is InChI=1S/C11H20N2O/c1-4-7-8-10(12)11(14)13-9(5-2)6-3/h2,9-10H,4,6-8,12H2,1,3H3,(H,13,14)/t9?,10-/m0/s1. The summed E-state index contributed by atoms with van der Waals surface area (Å²) in [5, 5.41) is 2.72. The molecule has 0 aromatic carbocycles. The second-order valence-corrected chi connectivity index (χ2v) is 3.38. The van der Waals surface area contributed by atoms with Crippen LogP contribution in [0.25, 0.3) is 0 Å². The third kappa shape index (κ3) is 4.88. The van der Waals surface area contributed by atoms with E-state index in [9.17, 15) is 4.79 Å². The van der Waals surface area contributed by atoms with Gasteiger partial charge in [-0.25, -0.2) is 0 Å². The van der Waals surface area contributed by atoms with Gasteiger partial charge in [-0.1, -0.05) is 32.6 Å². The summed E-state index contributed by atoms with van der Waals surface area (Å²) in [6.07, 6.45) is 8.71. The minimum absolute atomic E-state index is 0.136. The van der Waals surface area contributed by atoms with Crippen LogP contribution in [0, 0.1) is 12.3 Å². The summed E-state index contributed by atoms with van der Waals surface area (Å²) in [4.78, 5) is 11.4. The van der Waals surface area contributed by atoms with E-state index < -0.39 is 6.04 Å². The van der Waals surface area contributed by atoms with Crippen LogP contribution in [0.2, 0.25) is 0 Å². The van der Waals surface area contributed by atoms with Crippen molar-refractivity contribution >= 4 is 5.91 Å². The van der Waals surface area contributed by atoms with Gasteiger partial charge in [-0.2, -0.15) is 0 Å². The Labute approximate surface area is 86.4 Å². The van der Waals surface area contributed by atoms with Crippen molar-refractivity contribution in [2.24, 2.45) is 5.73 Å². The van der Waals surface area contributed by atoms with E-state index in [0.29, 0.717) is 0 Å². The summed E-state index contributed by atoms with van der Waals surface area (Å²) in [5.41, 5.74) is 5.68. The zero-order valence-electron chi connectivity index (χ0n) is 9.05. The van der Waals surface area contributed by atoms with Gasteiger partial charge in [-0.3, -0.25) is 4.79 Å². The average Bonchev–Trinajstić information content (AvgIpc) is 2.21. The van der Waals surface area contributed by atoms with Crippen molar-refractivity contribution in [3.05, 3.63) is 0 Å². The van der Waals surface area contributed by atoms with Gasteiger partial charge in [0, 0.05) is 0 Å². The topological polar surface area (TPSA) is 55.1 Å². The van der Waals surface area contributed by atoms with Crippen molar-refractivity contribution in [3.63, 3.8) is 0 Å². The summed E-state index contributed by atoms with van der Waals surface area (Å²) in [6.45, 7) is 4.00. The Bertz CT molecular complexity index is 208. The van der Waals surface area contributed by atoms with Crippen molar-refractivity contribution in [3.8, 4) is 12.3 Å². The molecule has 1 unspecified atom stereocenters. The first-order valence-electron chi connectivity index (χ1n) is 5.17. The molecule has 0 spiro atoms. The first-order chi connectivity index (χ1) is 6.65. The second-order valence-electron chi connectivity index (χ2n) is 3.38. The molecule has 0 aliphatic rings. The number of unbranched alkanes of at least 4 members (excludes halogenated alkanes) is 1. The predicted octanol–water partition coefficient (Wildman–Crippen LogP) is 1.03. The molecule has 14 heavy (non-hydrogen) atoms. The van der Waals surface area contributed by atoms with E-state index in [-0.39, 0.29) is 11.9 Å². The number of carbonyl (C=O) groups excluding carboxylic acids is 1. The molecule has 0 fully saturated rings. The molecule has 1 amide bonds. The first kappa shape index (κ1) is 13.0. The van der Waals surface area contributed by atoms with Gasteiger partial charge in [0.25, 0.3) is 0 Å². The van der Waals surface area contributed by atoms with Gasteiger partial charge >= 0.3 is 0 Å². The Morgan fingerprint density at radius 2 is 2.21 bits per heavy atom. The number of nitrogens with two attached hydrogens (primary N) is 1. The number of hydrogen-bond donors (Lipinski definition) is 2. The van der Waals surface area contributed by atoms with Crippen LogP contribution in [0.3, 0.4) is 0 Å². The Hall–Kier alpha value is -1.01. The molecule has 0 aliphatic carbocycles. The summed E-state index contributed by atoms with van der Waals surface area (Å²) >= 11 is 0. The van der Waals surface area contributed by atoms with E-state index in [1.54, 1.807) is 0 Å². The molecule has 0 saturated heterocycles. The van der Waals surface area contributed by atoms with Crippen molar-refractivity contribution in [1.82, 2.24) is 5.32 Å². The lowest BCUT2D eigenvalue weighted by molar-refractivity contribution is -0.122. The van der Waals surface area contributed by atoms with Gasteiger partial charge in [0.15, 0.2) is 0 Å². The fourth-order valence-electron chi connectivity index (χ4n) is 1.10. The lowest BCUT2D eigenvalue weighted by atomic mass is 10.1. The van der Waals surface area contributed by atoms with E-state index in [1.165, 1.54) is 0 Å². The summed E-state index contributed by atoms with van der Waals surface area (Å²) in [5.74, 6) is 2.37. The molecule has 3 N–H and O–H groups in total. The van der Waals surface area contributed by atoms with Gasteiger partial charge in [0.1, 0.15) is 0 Å². The molecule has 3 heteroatoms. The zero-order chi connectivity index (χ0) is 11.0. The van der Waals surface area contributed by atoms with Crippen LogP contribution in [0.15, 0.2) is 0 Å². The molecule has 0 heterocycles. The smallest absolute Gasteiger partial charge is 0.237 e. The number of amides is 1. The second kappa shape index (κ2) is 7.40. The molecule has 0 bridgehead atoms. The highest BCUT2D eigenvalue weighted by Crippen LogP contribution is 1.99. The fraction of sp³-hybridized carbons (Fsp3) is 0.727. The maximum absolute atomic E-state index is 11.4. The van der Waals surface area contributed by atoms with E-state index in [2.05, 4.69) is 18.2 Å². The number of rotatable bonds is 6. The quantitative estimate of drug-likeness (QED) is 0.623. The number of nitrogens with one attached hydrogen (secondary N) is 1. The van der Waals surface area contributed by atoms with Gasteiger partial charge in [0.05, 0.1) is 12.1 Å². The summed E-state index contributed by atoms with van der Waals surface area (Å²) in [7, 11) is 0. The van der Waals surface area contributed by atoms with Crippen LogP contribution in [-0.4, -0.2) is 18.0 Å². The normalized spacial score (nSPS) is 14.1. The van der Waals surface area contributed by atoms with Crippen LogP contribution in [-0.2, 0) is 4.79 Å². The van der Waals surface area contributed by atoms with E-state index in [1.807, 2.05) is 6.92 Å². The van der Waals surface area contributed by atoms with Crippen molar-refractivity contribution in [2.75, 3.05) is 0 Å². The lowest BCUT2D eigenvalue weighted by Gasteiger charge is -2.15. The van der Waals surface area contributed by atoms with Gasteiger partial charge in [0.2, 0.25) is 5.91 Å². The number of hydrogen-bond acceptors (Lipinski definition) is 2. The fourth-order valence-corrected chi connectivity index (χ4v) is 1.10. The molecule has 0 radical (unpaired) electrons. The molecule has 0 saturated carbocycles. The van der Waals surface area contributed by atoms with Crippen LogP contribution in [0.1, 0.15) is 39.5 Å². The third-order valence-corrected chi connectivity index (χ3v) is 2.13. The van der Waals surface area contributed by atoms with Crippen molar-refractivity contribution < 1.29 is 4.79 Å².